The van der Waals surface area contributed by atoms with Crippen molar-refractivity contribution in [1.29, 1.82) is 0 Å². The Morgan fingerprint density at radius 2 is 1.63 bits per heavy atom. The van der Waals surface area contributed by atoms with Crippen molar-refractivity contribution in [3.8, 4) is 11.5 Å². The molecule has 3 nitrogen and oxygen atoms in total. The molecule has 2 N–H and O–H groups in total. The lowest BCUT2D eigenvalue weighted by Gasteiger charge is -2.11. The molecule has 2 aromatic rings. The van der Waals surface area contributed by atoms with Crippen molar-refractivity contribution < 1.29 is 14.9 Å². The average molecular weight is 258 g/mol. The first-order valence-corrected chi connectivity index (χ1v) is 6.38. The Labute approximate surface area is 113 Å². The molecule has 0 radical (unpaired) electrons. The molecule has 1 atom stereocenters. The molecular weight excluding hydrogens is 240 g/mol. The lowest BCUT2D eigenvalue weighted by Crippen LogP contribution is -2.14. The topological polar surface area (TPSA) is 49.7 Å². The number of phenolic OH excluding ortho intramolecular Hbond substituents is 1. The van der Waals surface area contributed by atoms with E-state index in [-0.39, 0.29) is 5.75 Å². The number of benzene rings is 2. The van der Waals surface area contributed by atoms with Crippen molar-refractivity contribution in [1.82, 2.24) is 0 Å². The highest BCUT2D eigenvalue weighted by Crippen LogP contribution is 2.13. The van der Waals surface area contributed by atoms with E-state index in [1.807, 2.05) is 42.5 Å². The van der Waals surface area contributed by atoms with Gasteiger partial charge in [-0.15, -0.1) is 0 Å². The first kappa shape index (κ1) is 13.4. The zero-order chi connectivity index (χ0) is 13.5. The van der Waals surface area contributed by atoms with E-state index in [1.165, 1.54) is 0 Å². The average Bonchev–Trinajstić information content (AvgIpc) is 2.43. The molecular formula is C16H18O3. The Hall–Kier alpha value is -2.00. The summed E-state index contributed by atoms with van der Waals surface area (Å²) < 4.78 is 5.53. The summed E-state index contributed by atoms with van der Waals surface area (Å²) in [5, 5.41) is 19.1. The van der Waals surface area contributed by atoms with Crippen LogP contribution in [0.15, 0.2) is 54.6 Å². The van der Waals surface area contributed by atoms with Gasteiger partial charge in [0.1, 0.15) is 11.5 Å². The maximum absolute atomic E-state index is 9.91. The summed E-state index contributed by atoms with van der Waals surface area (Å²) in [6.07, 6.45) is 0.710. The maximum atomic E-state index is 9.91. The highest BCUT2D eigenvalue weighted by molar-refractivity contribution is 5.26. The van der Waals surface area contributed by atoms with E-state index in [0.29, 0.717) is 19.4 Å². The molecule has 2 aromatic carbocycles. The van der Waals surface area contributed by atoms with E-state index in [0.717, 1.165) is 11.3 Å². The monoisotopic (exact) mass is 258 g/mol. The molecule has 0 fully saturated rings. The maximum Gasteiger partial charge on any atom is 0.119 e. The van der Waals surface area contributed by atoms with Crippen LogP contribution in [0, 0.1) is 0 Å². The molecule has 2 rings (SSSR count). The number of hydrogen-bond donors (Lipinski definition) is 2. The summed E-state index contributed by atoms with van der Waals surface area (Å²) in [7, 11) is 0. The van der Waals surface area contributed by atoms with Crippen LogP contribution in [0.4, 0.5) is 0 Å². The van der Waals surface area contributed by atoms with E-state index >= 15 is 0 Å². The molecule has 3 heteroatoms. The Balaban J connectivity index is 1.73. The Kier molecular flexibility index (Phi) is 4.81. The van der Waals surface area contributed by atoms with Gasteiger partial charge in [-0.3, -0.25) is 0 Å². The van der Waals surface area contributed by atoms with E-state index in [1.54, 1.807) is 12.1 Å². The summed E-state index contributed by atoms with van der Waals surface area (Å²) in [5.41, 5.74) is 1.00. The van der Waals surface area contributed by atoms with Gasteiger partial charge in [0.05, 0.1) is 12.7 Å². The van der Waals surface area contributed by atoms with Crippen molar-refractivity contribution >= 4 is 0 Å². The van der Waals surface area contributed by atoms with Gasteiger partial charge in [-0.25, -0.2) is 0 Å². The van der Waals surface area contributed by atoms with Gasteiger partial charge < -0.3 is 14.9 Å². The third-order valence-electron chi connectivity index (χ3n) is 2.87. The number of para-hydroxylation sites is 1. The largest absolute Gasteiger partial charge is 0.508 e. The van der Waals surface area contributed by atoms with Crippen molar-refractivity contribution in [3.63, 3.8) is 0 Å². The molecule has 0 aromatic heterocycles. The second kappa shape index (κ2) is 6.81. The quantitative estimate of drug-likeness (QED) is 0.837. The minimum atomic E-state index is -0.437. The van der Waals surface area contributed by atoms with E-state index in [2.05, 4.69) is 0 Å². The molecule has 19 heavy (non-hydrogen) atoms. The van der Waals surface area contributed by atoms with Crippen LogP contribution in [0.1, 0.15) is 12.0 Å². The fourth-order valence-electron chi connectivity index (χ4n) is 1.84. The van der Waals surface area contributed by atoms with Crippen LogP contribution in [0.2, 0.25) is 0 Å². The van der Waals surface area contributed by atoms with Gasteiger partial charge in [0.15, 0.2) is 0 Å². The molecule has 0 saturated carbocycles. The number of aromatic hydroxyl groups is 1. The molecule has 0 aliphatic carbocycles. The number of aliphatic hydroxyl groups excluding tert-OH is 1. The van der Waals surface area contributed by atoms with Crippen LogP contribution in [-0.4, -0.2) is 22.9 Å². The zero-order valence-corrected chi connectivity index (χ0v) is 10.7. The minimum Gasteiger partial charge on any atom is -0.508 e. The third-order valence-corrected chi connectivity index (χ3v) is 2.87. The predicted molar refractivity (Wildman–Crippen MR) is 74.4 cm³/mol. The number of phenols is 1. The Bertz CT molecular complexity index is 479. The van der Waals surface area contributed by atoms with Gasteiger partial charge in [-0.05, 0) is 36.2 Å². The molecule has 0 amide bonds. The minimum absolute atomic E-state index is 0.241. The fourth-order valence-corrected chi connectivity index (χ4v) is 1.84. The van der Waals surface area contributed by atoms with Crippen molar-refractivity contribution in [3.05, 3.63) is 60.2 Å². The first-order valence-electron chi connectivity index (χ1n) is 6.38. The molecule has 0 saturated heterocycles. The van der Waals surface area contributed by atoms with Crippen molar-refractivity contribution in [2.75, 3.05) is 6.61 Å². The molecule has 0 aliphatic heterocycles. The lowest BCUT2D eigenvalue weighted by atomic mass is 10.1. The molecule has 1 unspecified atom stereocenters. The third kappa shape index (κ3) is 4.64. The summed E-state index contributed by atoms with van der Waals surface area (Å²) in [6.45, 7) is 0.489. The van der Waals surface area contributed by atoms with E-state index < -0.39 is 6.10 Å². The van der Waals surface area contributed by atoms with Gasteiger partial charge in [0.2, 0.25) is 0 Å². The van der Waals surface area contributed by atoms with Gasteiger partial charge in [0, 0.05) is 6.42 Å². The van der Waals surface area contributed by atoms with Crippen molar-refractivity contribution in [2.24, 2.45) is 0 Å². The van der Waals surface area contributed by atoms with Crippen LogP contribution in [0.25, 0.3) is 0 Å². The molecule has 0 bridgehead atoms. The molecule has 0 heterocycles. The zero-order valence-electron chi connectivity index (χ0n) is 10.7. The highest BCUT2D eigenvalue weighted by Gasteiger charge is 2.06. The number of aliphatic hydroxyl groups is 1. The summed E-state index contributed by atoms with van der Waals surface area (Å²) in [6, 6.07) is 16.5. The highest BCUT2D eigenvalue weighted by atomic mass is 16.5. The lowest BCUT2D eigenvalue weighted by molar-refractivity contribution is 0.139. The van der Waals surface area contributed by atoms with Crippen LogP contribution in [0.5, 0.6) is 11.5 Å². The number of hydrogen-bond acceptors (Lipinski definition) is 3. The first-order chi connectivity index (χ1) is 9.24. The van der Waals surface area contributed by atoms with Crippen LogP contribution >= 0.6 is 0 Å². The van der Waals surface area contributed by atoms with Crippen LogP contribution < -0.4 is 4.74 Å². The van der Waals surface area contributed by atoms with Crippen molar-refractivity contribution in [2.45, 2.75) is 18.9 Å². The van der Waals surface area contributed by atoms with Gasteiger partial charge in [-0.1, -0.05) is 30.3 Å². The van der Waals surface area contributed by atoms with Gasteiger partial charge in [-0.2, -0.15) is 0 Å². The van der Waals surface area contributed by atoms with Gasteiger partial charge >= 0.3 is 0 Å². The van der Waals surface area contributed by atoms with Crippen LogP contribution in [-0.2, 0) is 6.42 Å². The second-order valence-electron chi connectivity index (χ2n) is 4.47. The summed E-state index contributed by atoms with van der Waals surface area (Å²) in [5.74, 6) is 1.06. The molecule has 0 spiro atoms. The number of rotatable bonds is 6. The van der Waals surface area contributed by atoms with E-state index in [4.69, 9.17) is 4.74 Å². The van der Waals surface area contributed by atoms with E-state index in [9.17, 15) is 10.2 Å². The molecule has 100 valence electrons. The summed E-state index contributed by atoms with van der Waals surface area (Å²) in [4.78, 5) is 0. The SMILES string of the molecule is Oc1ccc(CC(O)CCOc2ccccc2)cc1. The van der Waals surface area contributed by atoms with Gasteiger partial charge in [0.25, 0.3) is 0 Å². The normalized spacial score (nSPS) is 12.1. The van der Waals surface area contributed by atoms with Crippen LogP contribution in [0.3, 0.4) is 0 Å². The smallest absolute Gasteiger partial charge is 0.119 e. The molecule has 0 aliphatic rings. The number of ether oxygens (including phenoxy) is 1. The fraction of sp³-hybridized carbons (Fsp3) is 0.250. The standard InChI is InChI=1S/C16H18O3/c17-14-8-6-13(7-9-14)12-15(18)10-11-19-16-4-2-1-3-5-16/h1-9,15,17-18H,10-12H2. The summed E-state index contributed by atoms with van der Waals surface area (Å²) >= 11 is 0. The Morgan fingerprint density at radius 3 is 2.32 bits per heavy atom. The second-order valence-corrected chi connectivity index (χ2v) is 4.47. The predicted octanol–water partition coefficient (Wildman–Crippen LogP) is 2.76. The Morgan fingerprint density at radius 1 is 0.947 bits per heavy atom.